The average molecular weight is 428 g/mol. The second kappa shape index (κ2) is 8.46. The summed E-state index contributed by atoms with van der Waals surface area (Å²) in [6.45, 7) is 0.111. The minimum Gasteiger partial charge on any atom is -0.497 e. The number of hydrogen-bond acceptors (Lipinski definition) is 8. The molecule has 2 heterocycles. The van der Waals surface area contributed by atoms with Gasteiger partial charge in [0, 0.05) is 17.7 Å². The fourth-order valence-corrected chi connectivity index (χ4v) is 3.10. The molecule has 9 heteroatoms. The summed E-state index contributed by atoms with van der Waals surface area (Å²) in [6.07, 6.45) is 0. The van der Waals surface area contributed by atoms with Gasteiger partial charge in [-0.25, -0.2) is 4.98 Å². The van der Waals surface area contributed by atoms with Crippen LogP contribution in [0.15, 0.2) is 47.0 Å². The Balaban J connectivity index is 1.58. The van der Waals surface area contributed by atoms with E-state index in [0.29, 0.717) is 39.7 Å². The number of halogens is 1. The molecular formula is C21H18ClN3O5. The number of fused-ring (bicyclic) bond motifs is 1. The van der Waals surface area contributed by atoms with Gasteiger partial charge in [0.1, 0.15) is 11.4 Å². The van der Waals surface area contributed by atoms with Crippen molar-refractivity contribution >= 4 is 22.5 Å². The topological polar surface area (TPSA) is 88.7 Å². The molecule has 8 nitrogen and oxygen atoms in total. The zero-order valence-electron chi connectivity index (χ0n) is 16.5. The molecule has 2 aromatic heterocycles. The molecule has 0 aliphatic rings. The molecule has 0 fully saturated rings. The Morgan fingerprint density at radius 2 is 1.63 bits per heavy atom. The highest BCUT2D eigenvalue weighted by molar-refractivity contribution is 6.28. The van der Waals surface area contributed by atoms with Crippen LogP contribution < -0.4 is 18.9 Å². The lowest BCUT2D eigenvalue weighted by molar-refractivity contribution is 0.244. The van der Waals surface area contributed by atoms with Gasteiger partial charge in [-0.3, -0.25) is 0 Å². The summed E-state index contributed by atoms with van der Waals surface area (Å²) in [5, 5.41) is 4.78. The van der Waals surface area contributed by atoms with E-state index in [-0.39, 0.29) is 11.9 Å². The monoisotopic (exact) mass is 427 g/mol. The smallest absolute Gasteiger partial charge is 0.226 e. The van der Waals surface area contributed by atoms with Crippen LogP contribution in [0.2, 0.25) is 5.28 Å². The molecule has 0 amide bonds. The molecule has 0 N–H and O–H groups in total. The molecule has 154 valence electrons. The summed E-state index contributed by atoms with van der Waals surface area (Å²) in [6, 6.07) is 12.8. The highest BCUT2D eigenvalue weighted by atomic mass is 35.5. The molecule has 0 spiro atoms. The quantitative estimate of drug-likeness (QED) is 0.397. The van der Waals surface area contributed by atoms with Crippen molar-refractivity contribution in [1.29, 1.82) is 0 Å². The Hall–Kier alpha value is -3.52. The van der Waals surface area contributed by atoms with Gasteiger partial charge in [0.05, 0.1) is 32.2 Å². The van der Waals surface area contributed by atoms with E-state index in [1.54, 1.807) is 39.5 Å². The van der Waals surface area contributed by atoms with Crippen LogP contribution in [0.5, 0.6) is 23.1 Å². The van der Waals surface area contributed by atoms with Crippen molar-refractivity contribution in [3.05, 3.63) is 53.5 Å². The Morgan fingerprint density at radius 3 is 2.33 bits per heavy atom. The number of benzene rings is 2. The number of ether oxygens (including phenoxy) is 4. The molecule has 30 heavy (non-hydrogen) atoms. The molecule has 0 saturated carbocycles. The second-order valence-corrected chi connectivity index (χ2v) is 6.56. The maximum Gasteiger partial charge on any atom is 0.226 e. The summed E-state index contributed by atoms with van der Waals surface area (Å²) in [7, 11) is 4.72. The first kappa shape index (κ1) is 19.8. The van der Waals surface area contributed by atoms with Gasteiger partial charge in [-0.15, -0.1) is 0 Å². The summed E-state index contributed by atoms with van der Waals surface area (Å²) < 4.78 is 27.1. The van der Waals surface area contributed by atoms with Gasteiger partial charge in [0.25, 0.3) is 0 Å². The van der Waals surface area contributed by atoms with Crippen molar-refractivity contribution in [3.63, 3.8) is 0 Å². The fraction of sp³-hybridized carbons (Fsp3) is 0.190. The highest BCUT2D eigenvalue weighted by Crippen LogP contribution is 2.35. The largest absolute Gasteiger partial charge is 0.497 e. The first-order valence-corrected chi connectivity index (χ1v) is 9.31. The van der Waals surface area contributed by atoms with Gasteiger partial charge in [0.15, 0.2) is 23.9 Å². The van der Waals surface area contributed by atoms with Crippen LogP contribution in [0.1, 0.15) is 5.76 Å². The average Bonchev–Trinajstić information content (AvgIpc) is 3.25. The Kier molecular flexibility index (Phi) is 5.58. The molecular weight excluding hydrogens is 410 g/mol. The van der Waals surface area contributed by atoms with Gasteiger partial charge in [-0.05, 0) is 41.9 Å². The van der Waals surface area contributed by atoms with Crippen LogP contribution in [0.25, 0.3) is 22.2 Å². The van der Waals surface area contributed by atoms with Gasteiger partial charge in [0.2, 0.25) is 11.2 Å². The standard InChI is InChI=1S/C21H18ClN3O5/c1-26-13-6-4-12(5-7-13)16-8-14(30-25-16)11-29-20-15-9-18(27-2)19(28-3)10-17(15)23-21(22)24-20/h4-10H,11H2,1-3H3. The van der Waals surface area contributed by atoms with Crippen LogP contribution in [0, 0.1) is 0 Å². The molecule has 4 aromatic rings. The summed E-state index contributed by atoms with van der Waals surface area (Å²) in [5.74, 6) is 2.66. The molecule has 0 aliphatic carbocycles. The van der Waals surface area contributed by atoms with Gasteiger partial charge < -0.3 is 23.5 Å². The van der Waals surface area contributed by atoms with Crippen LogP contribution in [0.3, 0.4) is 0 Å². The van der Waals surface area contributed by atoms with E-state index in [1.807, 2.05) is 24.3 Å². The molecule has 0 atom stereocenters. The van der Waals surface area contributed by atoms with Crippen LogP contribution >= 0.6 is 11.6 Å². The molecule has 0 unspecified atom stereocenters. The summed E-state index contributed by atoms with van der Waals surface area (Å²) >= 11 is 6.06. The minimum absolute atomic E-state index is 0.0567. The lowest BCUT2D eigenvalue weighted by Crippen LogP contribution is -2.00. The van der Waals surface area contributed by atoms with Crippen molar-refractivity contribution < 1.29 is 23.5 Å². The van der Waals surface area contributed by atoms with Crippen molar-refractivity contribution in [3.8, 4) is 34.4 Å². The third-order valence-corrected chi connectivity index (χ3v) is 4.60. The molecule has 2 aromatic carbocycles. The Morgan fingerprint density at radius 1 is 0.900 bits per heavy atom. The van der Waals surface area contributed by atoms with Crippen molar-refractivity contribution in [2.24, 2.45) is 0 Å². The number of hydrogen-bond donors (Lipinski definition) is 0. The van der Waals surface area contributed by atoms with E-state index in [4.69, 9.17) is 35.1 Å². The van der Waals surface area contributed by atoms with E-state index >= 15 is 0 Å². The third-order valence-electron chi connectivity index (χ3n) is 4.43. The first-order chi connectivity index (χ1) is 14.6. The number of nitrogens with zero attached hydrogens (tertiary/aromatic N) is 3. The fourth-order valence-electron chi connectivity index (χ4n) is 2.93. The maximum atomic E-state index is 6.06. The molecule has 0 bridgehead atoms. The predicted octanol–water partition coefficient (Wildman–Crippen LogP) is 4.54. The normalized spacial score (nSPS) is 10.8. The molecule has 0 aliphatic heterocycles. The predicted molar refractivity (Wildman–Crippen MR) is 110 cm³/mol. The molecule has 0 radical (unpaired) electrons. The minimum atomic E-state index is 0.0567. The number of methoxy groups -OCH3 is 3. The molecule has 4 rings (SSSR count). The zero-order valence-corrected chi connectivity index (χ0v) is 17.3. The van der Waals surface area contributed by atoms with Crippen molar-refractivity contribution in [2.75, 3.05) is 21.3 Å². The van der Waals surface area contributed by atoms with Gasteiger partial charge >= 0.3 is 0 Å². The lowest BCUT2D eigenvalue weighted by atomic mass is 10.1. The van der Waals surface area contributed by atoms with E-state index in [2.05, 4.69) is 15.1 Å². The lowest BCUT2D eigenvalue weighted by Gasteiger charge is -2.11. The highest BCUT2D eigenvalue weighted by Gasteiger charge is 2.15. The van der Waals surface area contributed by atoms with E-state index < -0.39 is 0 Å². The van der Waals surface area contributed by atoms with Crippen LogP contribution in [-0.2, 0) is 6.61 Å². The SMILES string of the molecule is COc1ccc(-c2cc(COc3nc(Cl)nc4cc(OC)c(OC)cc34)on2)cc1. The van der Waals surface area contributed by atoms with E-state index in [0.717, 1.165) is 11.3 Å². The van der Waals surface area contributed by atoms with E-state index in [1.165, 1.54) is 0 Å². The maximum absolute atomic E-state index is 6.06. The van der Waals surface area contributed by atoms with Gasteiger partial charge in [-0.1, -0.05) is 5.16 Å². The van der Waals surface area contributed by atoms with Gasteiger partial charge in [-0.2, -0.15) is 4.98 Å². The van der Waals surface area contributed by atoms with Crippen LogP contribution in [0.4, 0.5) is 0 Å². The van der Waals surface area contributed by atoms with Crippen LogP contribution in [-0.4, -0.2) is 36.5 Å². The summed E-state index contributed by atoms with van der Waals surface area (Å²) in [5.41, 5.74) is 2.16. The summed E-state index contributed by atoms with van der Waals surface area (Å²) in [4.78, 5) is 8.42. The second-order valence-electron chi connectivity index (χ2n) is 6.22. The molecule has 0 saturated heterocycles. The first-order valence-electron chi connectivity index (χ1n) is 8.93. The Bertz CT molecular complexity index is 1180. The van der Waals surface area contributed by atoms with Crippen molar-refractivity contribution in [2.45, 2.75) is 6.61 Å². The van der Waals surface area contributed by atoms with E-state index in [9.17, 15) is 0 Å². The third kappa shape index (κ3) is 3.95. The van der Waals surface area contributed by atoms with Crippen molar-refractivity contribution in [1.82, 2.24) is 15.1 Å². The number of aromatic nitrogens is 3. The zero-order chi connectivity index (χ0) is 21.1. The Labute approximate surface area is 177 Å². The number of rotatable bonds is 7.